The molecule has 11 heteroatoms. The van der Waals surface area contributed by atoms with Crippen LogP contribution in [0.4, 0.5) is 5.82 Å². The third kappa shape index (κ3) is 5.29. The van der Waals surface area contributed by atoms with Gasteiger partial charge in [0.1, 0.15) is 5.52 Å². The van der Waals surface area contributed by atoms with Crippen molar-refractivity contribution < 1.29 is 17.6 Å². The monoisotopic (exact) mass is 557 g/mol. The number of hydrogen-bond acceptors (Lipinski definition) is 7. The summed E-state index contributed by atoms with van der Waals surface area (Å²) in [6.07, 6.45) is 5.10. The summed E-state index contributed by atoms with van der Waals surface area (Å²) in [5.41, 5.74) is 1.47. The summed E-state index contributed by atoms with van der Waals surface area (Å²) < 4.78 is 34.1. The second kappa shape index (κ2) is 10.2. The Morgan fingerprint density at radius 3 is 2.45 bits per heavy atom. The van der Waals surface area contributed by atoms with E-state index in [0.717, 1.165) is 27.4 Å². The first-order valence-corrected chi connectivity index (χ1v) is 17.4. The van der Waals surface area contributed by atoms with Crippen LogP contribution in [0.5, 0.6) is 0 Å². The first-order chi connectivity index (χ1) is 17.7. The summed E-state index contributed by atoms with van der Waals surface area (Å²) in [6, 6.07) is 8.17. The molecule has 3 atom stereocenters. The van der Waals surface area contributed by atoms with Gasteiger partial charge in [-0.3, -0.25) is 4.79 Å². The number of hydrazine groups is 1. The molecule has 38 heavy (non-hydrogen) atoms. The van der Waals surface area contributed by atoms with Gasteiger partial charge in [0.05, 0.1) is 11.1 Å². The maximum Gasteiger partial charge on any atom is 0.269 e. The average molecular weight is 558 g/mol. The van der Waals surface area contributed by atoms with Gasteiger partial charge in [0, 0.05) is 18.2 Å². The van der Waals surface area contributed by atoms with E-state index in [0.29, 0.717) is 11.9 Å². The largest absolute Gasteiger partial charge is 0.414 e. The van der Waals surface area contributed by atoms with Crippen molar-refractivity contribution in [2.24, 2.45) is 17.7 Å². The predicted molar refractivity (Wildman–Crippen MR) is 152 cm³/mol. The minimum absolute atomic E-state index is 0.0257. The Balaban J connectivity index is 1.55. The van der Waals surface area contributed by atoms with Gasteiger partial charge in [0.25, 0.3) is 10.0 Å². The van der Waals surface area contributed by atoms with Crippen molar-refractivity contribution in [3.05, 3.63) is 48.3 Å². The molecule has 0 unspecified atom stereocenters. The van der Waals surface area contributed by atoms with Crippen LogP contribution in [0.25, 0.3) is 11.2 Å². The van der Waals surface area contributed by atoms with Gasteiger partial charge in [0.2, 0.25) is 5.91 Å². The number of hydrogen-bond donors (Lipinski definition) is 1. The SMILES string of the molecule is CC[C@@H]1C[C@@H](O[Si](C)(C)C(C)(C)C)C[C@@H]1C(=O)N(N)c1cnc2c(ccn2S(=O)(=O)c2ccc(C)cc2)n1. The molecule has 2 N–H and O–H groups in total. The molecule has 1 aliphatic carbocycles. The van der Waals surface area contributed by atoms with E-state index in [1.54, 1.807) is 30.3 Å². The Kier molecular flexibility index (Phi) is 7.61. The lowest BCUT2D eigenvalue weighted by atomic mass is 9.93. The molecule has 9 nitrogen and oxygen atoms in total. The number of carbonyl (C=O) groups is 1. The van der Waals surface area contributed by atoms with Gasteiger partial charge in [-0.2, -0.15) is 0 Å². The Morgan fingerprint density at radius 2 is 1.84 bits per heavy atom. The van der Waals surface area contributed by atoms with Crippen LogP contribution in [0.15, 0.2) is 47.6 Å². The van der Waals surface area contributed by atoms with Crippen molar-refractivity contribution in [2.75, 3.05) is 5.01 Å². The van der Waals surface area contributed by atoms with E-state index >= 15 is 0 Å². The third-order valence-corrected chi connectivity index (χ3v) is 14.4. The molecule has 0 aliphatic heterocycles. The van der Waals surface area contributed by atoms with E-state index < -0.39 is 18.3 Å². The molecular weight excluding hydrogens is 518 g/mol. The van der Waals surface area contributed by atoms with Gasteiger partial charge >= 0.3 is 0 Å². The van der Waals surface area contributed by atoms with Crippen molar-refractivity contribution in [1.29, 1.82) is 0 Å². The molecule has 206 valence electrons. The number of benzene rings is 1. The molecule has 1 aliphatic rings. The maximum absolute atomic E-state index is 13.5. The first kappa shape index (κ1) is 28.4. The fourth-order valence-electron chi connectivity index (χ4n) is 4.82. The van der Waals surface area contributed by atoms with Gasteiger partial charge < -0.3 is 4.43 Å². The predicted octanol–water partition coefficient (Wildman–Crippen LogP) is 5.01. The summed E-state index contributed by atoms with van der Waals surface area (Å²) in [4.78, 5) is 22.5. The highest BCUT2D eigenvalue weighted by Gasteiger charge is 2.45. The lowest BCUT2D eigenvalue weighted by molar-refractivity contribution is -0.123. The number of nitrogens with two attached hydrogens (primary N) is 1. The van der Waals surface area contributed by atoms with Gasteiger partial charge in [0.15, 0.2) is 19.8 Å². The molecule has 0 bridgehead atoms. The van der Waals surface area contributed by atoms with Crippen molar-refractivity contribution in [3.8, 4) is 0 Å². The summed E-state index contributed by atoms with van der Waals surface area (Å²) >= 11 is 0. The molecule has 2 heterocycles. The molecule has 0 saturated heterocycles. The summed E-state index contributed by atoms with van der Waals surface area (Å²) in [5, 5.41) is 1.14. The molecule has 0 spiro atoms. The Labute approximate surface area is 226 Å². The molecule has 3 aromatic rings. The number of amides is 1. The second-order valence-corrected chi connectivity index (χ2v) is 18.4. The zero-order valence-corrected chi connectivity index (χ0v) is 25.1. The van der Waals surface area contributed by atoms with Gasteiger partial charge in [-0.15, -0.1) is 0 Å². The van der Waals surface area contributed by atoms with Gasteiger partial charge in [-0.05, 0) is 62.0 Å². The van der Waals surface area contributed by atoms with Gasteiger partial charge in [-0.25, -0.2) is 33.2 Å². The molecule has 1 amide bonds. The number of carbonyl (C=O) groups excluding carboxylic acids is 1. The molecule has 1 fully saturated rings. The molecule has 1 aromatic carbocycles. The number of aromatic nitrogens is 3. The Morgan fingerprint density at radius 1 is 1.18 bits per heavy atom. The third-order valence-electron chi connectivity index (χ3n) is 8.17. The average Bonchev–Trinajstić information content (AvgIpc) is 3.46. The summed E-state index contributed by atoms with van der Waals surface area (Å²) in [7, 11) is -5.82. The quantitative estimate of drug-likeness (QED) is 0.188. The zero-order chi connectivity index (χ0) is 28.0. The fraction of sp³-hybridized carbons (Fsp3) is 0.519. The Bertz CT molecular complexity index is 1430. The highest BCUT2D eigenvalue weighted by atomic mass is 32.2. The van der Waals surface area contributed by atoms with Crippen molar-refractivity contribution in [3.63, 3.8) is 0 Å². The minimum Gasteiger partial charge on any atom is -0.414 e. The minimum atomic E-state index is -3.85. The van der Waals surface area contributed by atoms with E-state index in [4.69, 9.17) is 10.3 Å². The second-order valence-electron chi connectivity index (χ2n) is 11.8. The molecular formula is C27H39N5O4SSi. The van der Waals surface area contributed by atoms with Crippen LogP contribution >= 0.6 is 0 Å². The van der Waals surface area contributed by atoms with E-state index in [9.17, 15) is 13.2 Å². The number of nitrogens with zero attached hydrogens (tertiary/aromatic N) is 4. The number of aryl methyl sites for hydroxylation is 1. The number of fused-ring (bicyclic) bond motifs is 1. The lowest BCUT2D eigenvalue weighted by Crippen LogP contribution is -2.44. The molecule has 2 aromatic heterocycles. The molecule has 4 rings (SSSR count). The van der Waals surface area contributed by atoms with E-state index in [1.165, 1.54) is 12.4 Å². The van der Waals surface area contributed by atoms with Crippen LogP contribution in [0.3, 0.4) is 0 Å². The summed E-state index contributed by atoms with van der Waals surface area (Å²) in [5.74, 6) is 6.14. The summed E-state index contributed by atoms with van der Waals surface area (Å²) in [6.45, 7) is 15.1. The molecule has 1 saturated carbocycles. The standard InChI is InChI=1S/C27H39N5O4SSi/c1-8-19-15-20(36-38(6,7)27(3,4)5)16-22(19)26(33)32(28)24-17-29-25-23(30-24)13-14-31(25)37(34,35)21-11-9-18(2)10-12-21/h9-14,17,19-20,22H,8,15-16,28H2,1-7H3/t19-,20-,22+/m1/s1. The Hall–Kier alpha value is -2.60. The first-order valence-electron chi connectivity index (χ1n) is 13.1. The van der Waals surface area contributed by atoms with Crippen LogP contribution in [-0.4, -0.2) is 42.7 Å². The number of anilines is 1. The highest BCUT2D eigenvalue weighted by molar-refractivity contribution is 7.90. The smallest absolute Gasteiger partial charge is 0.269 e. The van der Waals surface area contributed by atoms with Crippen LogP contribution in [0.1, 0.15) is 52.5 Å². The van der Waals surface area contributed by atoms with Crippen molar-refractivity contribution in [1.82, 2.24) is 13.9 Å². The van der Waals surface area contributed by atoms with Crippen LogP contribution in [0, 0.1) is 18.8 Å². The van der Waals surface area contributed by atoms with Crippen LogP contribution in [-0.2, 0) is 19.2 Å². The van der Waals surface area contributed by atoms with Crippen molar-refractivity contribution in [2.45, 2.75) is 83.0 Å². The maximum atomic E-state index is 13.5. The lowest BCUT2D eigenvalue weighted by Gasteiger charge is -2.38. The van der Waals surface area contributed by atoms with E-state index in [-0.39, 0.29) is 45.2 Å². The molecule has 0 radical (unpaired) electrons. The van der Waals surface area contributed by atoms with Crippen LogP contribution in [0.2, 0.25) is 18.1 Å². The number of rotatable bonds is 7. The zero-order valence-electron chi connectivity index (χ0n) is 23.3. The van der Waals surface area contributed by atoms with E-state index in [2.05, 4.69) is 50.8 Å². The van der Waals surface area contributed by atoms with E-state index in [1.807, 2.05) is 6.92 Å². The van der Waals surface area contributed by atoms with Gasteiger partial charge in [-0.1, -0.05) is 51.8 Å². The highest BCUT2D eigenvalue weighted by Crippen LogP contribution is 2.43. The fourth-order valence-corrected chi connectivity index (χ4v) is 7.50. The normalized spacial score (nSPS) is 20.7. The van der Waals surface area contributed by atoms with Crippen LogP contribution < -0.4 is 10.9 Å². The topological polar surface area (TPSA) is 120 Å². The van der Waals surface area contributed by atoms with Crippen molar-refractivity contribution >= 4 is 41.2 Å².